The average Bonchev–Trinajstić information content (AvgIpc) is 2.29. The third-order valence-electron chi connectivity index (χ3n) is 2.59. The van der Waals surface area contributed by atoms with Gasteiger partial charge in [0, 0.05) is 25.5 Å². The number of nitrogens with zero attached hydrogens (tertiary/aromatic N) is 2. The number of nitrogens with one attached hydrogen (secondary N) is 1. The van der Waals surface area contributed by atoms with Gasteiger partial charge >= 0.3 is 0 Å². The van der Waals surface area contributed by atoms with Crippen LogP contribution in [0.25, 0.3) is 0 Å². The second-order valence-corrected chi connectivity index (χ2v) is 3.97. The molecule has 0 bridgehead atoms. The van der Waals surface area contributed by atoms with Crippen LogP contribution in [-0.4, -0.2) is 46.6 Å². The molecule has 2 rings (SSSR count). The molecule has 0 radical (unpaired) electrons. The first kappa shape index (κ1) is 11.0. The minimum absolute atomic E-state index is 0.0153. The van der Waals surface area contributed by atoms with Gasteiger partial charge in [-0.2, -0.15) is 0 Å². The normalized spacial score (nSPS) is 21.8. The second-order valence-electron chi connectivity index (χ2n) is 3.97. The fourth-order valence-electron chi connectivity index (χ4n) is 1.87. The topological polar surface area (TPSA) is 65.5 Å². The highest BCUT2D eigenvalue weighted by molar-refractivity contribution is 5.79. The van der Waals surface area contributed by atoms with E-state index in [1.54, 1.807) is 12.4 Å². The molecule has 1 aliphatic heterocycles. The summed E-state index contributed by atoms with van der Waals surface area (Å²) in [5, 5.41) is 11.8. The van der Waals surface area contributed by atoms with Crippen molar-refractivity contribution in [2.45, 2.75) is 12.6 Å². The summed E-state index contributed by atoms with van der Waals surface area (Å²) in [4.78, 5) is 17.3. The van der Waals surface area contributed by atoms with Crippen LogP contribution in [0.1, 0.15) is 5.56 Å². The number of aromatic nitrogens is 1. The number of aliphatic hydroxyl groups excluding tert-OH is 1. The van der Waals surface area contributed by atoms with Crippen molar-refractivity contribution in [1.82, 2.24) is 15.2 Å². The highest BCUT2D eigenvalue weighted by atomic mass is 16.3. The molecule has 2 N–H and O–H groups in total. The summed E-state index contributed by atoms with van der Waals surface area (Å²) in [5.41, 5.74) is 1.13. The largest absolute Gasteiger partial charge is 0.394 e. The molecular weight excluding hydrogens is 206 g/mol. The smallest absolute Gasteiger partial charge is 0.234 e. The van der Waals surface area contributed by atoms with Crippen LogP contribution in [0, 0.1) is 0 Å². The summed E-state index contributed by atoms with van der Waals surface area (Å²) in [6, 6.07) is 3.71. The Morgan fingerprint density at radius 2 is 2.25 bits per heavy atom. The van der Waals surface area contributed by atoms with E-state index in [0.717, 1.165) is 5.56 Å². The molecular formula is C11H15N3O2. The Morgan fingerprint density at radius 1 is 1.50 bits per heavy atom. The zero-order valence-corrected chi connectivity index (χ0v) is 8.97. The van der Waals surface area contributed by atoms with Crippen LogP contribution < -0.4 is 5.32 Å². The van der Waals surface area contributed by atoms with Gasteiger partial charge in [-0.1, -0.05) is 0 Å². The van der Waals surface area contributed by atoms with Gasteiger partial charge < -0.3 is 10.4 Å². The quantitative estimate of drug-likeness (QED) is 0.713. The summed E-state index contributed by atoms with van der Waals surface area (Å²) >= 11 is 0. The SMILES string of the molecule is O=C1CN(Cc2ccncc2)CC(CO)N1. The van der Waals surface area contributed by atoms with Gasteiger partial charge in [-0.05, 0) is 17.7 Å². The molecule has 1 aliphatic rings. The minimum atomic E-state index is -0.150. The number of rotatable bonds is 3. The maximum Gasteiger partial charge on any atom is 0.234 e. The van der Waals surface area contributed by atoms with Crippen molar-refractivity contribution in [2.24, 2.45) is 0 Å². The summed E-state index contributed by atoms with van der Waals surface area (Å²) in [6.07, 6.45) is 3.48. The van der Waals surface area contributed by atoms with Gasteiger partial charge in [0.1, 0.15) is 0 Å². The lowest BCUT2D eigenvalue weighted by atomic mass is 10.2. The van der Waals surface area contributed by atoms with Gasteiger partial charge in [-0.15, -0.1) is 0 Å². The minimum Gasteiger partial charge on any atom is -0.394 e. The number of pyridine rings is 1. The molecule has 2 heterocycles. The Morgan fingerprint density at radius 3 is 2.94 bits per heavy atom. The van der Waals surface area contributed by atoms with Gasteiger partial charge in [-0.3, -0.25) is 14.7 Å². The summed E-state index contributed by atoms with van der Waals surface area (Å²) in [6.45, 7) is 1.77. The van der Waals surface area contributed by atoms with E-state index in [-0.39, 0.29) is 18.6 Å². The van der Waals surface area contributed by atoms with E-state index in [1.165, 1.54) is 0 Å². The van der Waals surface area contributed by atoms with Crippen LogP contribution in [0.4, 0.5) is 0 Å². The predicted molar refractivity (Wildman–Crippen MR) is 58.5 cm³/mol. The summed E-state index contributed by atoms with van der Waals surface area (Å²) < 4.78 is 0. The van der Waals surface area contributed by atoms with Crippen LogP contribution in [0.2, 0.25) is 0 Å². The molecule has 1 amide bonds. The first-order valence-electron chi connectivity index (χ1n) is 5.29. The Labute approximate surface area is 94.1 Å². The Hall–Kier alpha value is -1.46. The molecule has 5 heteroatoms. The number of carbonyl (C=O) groups is 1. The number of piperazine rings is 1. The van der Waals surface area contributed by atoms with Crippen LogP contribution >= 0.6 is 0 Å². The van der Waals surface area contributed by atoms with Gasteiger partial charge in [0.2, 0.25) is 5.91 Å². The highest BCUT2D eigenvalue weighted by Gasteiger charge is 2.23. The van der Waals surface area contributed by atoms with Crippen molar-refractivity contribution in [2.75, 3.05) is 19.7 Å². The molecule has 1 aromatic heterocycles. The van der Waals surface area contributed by atoms with Gasteiger partial charge in [0.05, 0.1) is 19.2 Å². The van der Waals surface area contributed by atoms with Gasteiger partial charge in [0.25, 0.3) is 0 Å². The highest BCUT2D eigenvalue weighted by Crippen LogP contribution is 2.06. The van der Waals surface area contributed by atoms with E-state index in [2.05, 4.69) is 10.3 Å². The molecule has 0 spiro atoms. The van der Waals surface area contributed by atoms with E-state index in [0.29, 0.717) is 19.6 Å². The molecule has 16 heavy (non-hydrogen) atoms. The first-order chi connectivity index (χ1) is 7.78. The van der Waals surface area contributed by atoms with E-state index >= 15 is 0 Å². The maximum absolute atomic E-state index is 11.4. The summed E-state index contributed by atoms with van der Waals surface area (Å²) in [7, 11) is 0. The Kier molecular flexibility index (Phi) is 3.48. The van der Waals surface area contributed by atoms with Crippen LogP contribution in [0.5, 0.6) is 0 Å². The molecule has 0 saturated carbocycles. The zero-order chi connectivity index (χ0) is 11.4. The van der Waals surface area contributed by atoms with E-state index in [9.17, 15) is 4.79 Å². The van der Waals surface area contributed by atoms with Crippen molar-refractivity contribution in [3.8, 4) is 0 Å². The van der Waals surface area contributed by atoms with Crippen LogP contribution in [0.3, 0.4) is 0 Å². The summed E-state index contributed by atoms with van der Waals surface area (Å²) in [5.74, 6) is -0.0284. The molecule has 1 fully saturated rings. The third-order valence-corrected chi connectivity index (χ3v) is 2.59. The molecule has 1 unspecified atom stereocenters. The monoisotopic (exact) mass is 221 g/mol. The van der Waals surface area contributed by atoms with Crippen LogP contribution in [-0.2, 0) is 11.3 Å². The lowest BCUT2D eigenvalue weighted by Crippen LogP contribution is -2.55. The molecule has 1 saturated heterocycles. The fourth-order valence-corrected chi connectivity index (χ4v) is 1.87. The third kappa shape index (κ3) is 2.77. The zero-order valence-electron chi connectivity index (χ0n) is 8.97. The first-order valence-corrected chi connectivity index (χ1v) is 5.29. The number of hydrogen-bond donors (Lipinski definition) is 2. The molecule has 86 valence electrons. The van der Waals surface area contributed by atoms with Crippen molar-refractivity contribution < 1.29 is 9.90 Å². The average molecular weight is 221 g/mol. The molecule has 5 nitrogen and oxygen atoms in total. The number of amides is 1. The molecule has 0 aliphatic carbocycles. The maximum atomic E-state index is 11.4. The standard InChI is InChI=1S/C11H15N3O2/c15-8-10-6-14(7-11(16)13-10)5-9-1-3-12-4-2-9/h1-4,10,15H,5-8H2,(H,13,16). The fraction of sp³-hybridized carbons (Fsp3) is 0.455. The second kappa shape index (κ2) is 5.05. The van der Waals surface area contributed by atoms with E-state index in [1.807, 2.05) is 17.0 Å². The predicted octanol–water partition coefficient (Wildman–Crippen LogP) is -0.626. The Bertz CT molecular complexity index is 356. The van der Waals surface area contributed by atoms with Gasteiger partial charge in [0.15, 0.2) is 0 Å². The number of carbonyl (C=O) groups excluding carboxylic acids is 1. The van der Waals surface area contributed by atoms with Crippen LogP contribution in [0.15, 0.2) is 24.5 Å². The van der Waals surface area contributed by atoms with Crippen molar-refractivity contribution >= 4 is 5.91 Å². The number of hydrogen-bond acceptors (Lipinski definition) is 4. The Balaban J connectivity index is 1.97. The lowest BCUT2D eigenvalue weighted by Gasteiger charge is -2.31. The molecule has 1 atom stereocenters. The van der Waals surface area contributed by atoms with E-state index in [4.69, 9.17) is 5.11 Å². The van der Waals surface area contributed by atoms with Crippen molar-refractivity contribution in [1.29, 1.82) is 0 Å². The van der Waals surface area contributed by atoms with Crippen molar-refractivity contribution in [3.05, 3.63) is 30.1 Å². The van der Waals surface area contributed by atoms with Crippen molar-refractivity contribution in [3.63, 3.8) is 0 Å². The lowest BCUT2D eigenvalue weighted by molar-refractivity contribution is -0.126. The molecule has 1 aromatic rings. The number of aliphatic hydroxyl groups is 1. The van der Waals surface area contributed by atoms with E-state index < -0.39 is 0 Å². The molecule has 0 aromatic carbocycles. The van der Waals surface area contributed by atoms with Gasteiger partial charge in [-0.25, -0.2) is 0 Å².